The maximum atomic E-state index is 9.04. The molecule has 0 aromatic heterocycles. The number of aliphatic hydroxyl groups is 1. The lowest BCUT2D eigenvalue weighted by atomic mass is 10.1. The van der Waals surface area contributed by atoms with E-state index in [1.54, 1.807) is 0 Å². The van der Waals surface area contributed by atoms with Crippen LogP contribution in [0.5, 0.6) is 0 Å². The molecule has 1 fully saturated rings. The van der Waals surface area contributed by atoms with Crippen LogP contribution >= 0.6 is 0 Å². The van der Waals surface area contributed by atoms with Crippen molar-refractivity contribution in [2.24, 2.45) is 16.5 Å². The Balaban J connectivity index is 2.46. The standard InChI is InChI=1S/C7H14N4O/c1-4(12)6-2-5(3-10-6)11-7(8)9/h5-6,10,12H,1-3H2,(H4,8,9,11)/t5-,6+/m1/s1. The van der Waals surface area contributed by atoms with E-state index in [2.05, 4.69) is 16.9 Å². The van der Waals surface area contributed by atoms with Crippen LogP contribution < -0.4 is 16.8 Å². The summed E-state index contributed by atoms with van der Waals surface area (Å²) in [5, 5.41) is 12.1. The fourth-order valence-corrected chi connectivity index (χ4v) is 1.28. The van der Waals surface area contributed by atoms with E-state index in [0.29, 0.717) is 13.0 Å². The molecular weight excluding hydrogens is 156 g/mol. The highest BCUT2D eigenvalue weighted by atomic mass is 16.3. The molecule has 1 aliphatic heterocycles. The maximum absolute atomic E-state index is 9.04. The van der Waals surface area contributed by atoms with Gasteiger partial charge in [-0.25, -0.2) is 4.99 Å². The van der Waals surface area contributed by atoms with E-state index in [4.69, 9.17) is 16.6 Å². The van der Waals surface area contributed by atoms with Gasteiger partial charge in [-0.3, -0.25) is 0 Å². The molecule has 6 N–H and O–H groups in total. The van der Waals surface area contributed by atoms with E-state index in [0.717, 1.165) is 0 Å². The molecule has 12 heavy (non-hydrogen) atoms. The summed E-state index contributed by atoms with van der Waals surface area (Å²) >= 11 is 0. The predicted molar refractivity (Wildman–Crippen MR) is 47.8 cm³/mol. The predicted octanol–water partition coefficient (Wildman–Crippen LogP) is -0.938. The van der Waals surface area contributed by atoms with Crippen molar-refractivity contribution in [2.75, 3.05) is 6.54 Å². The lowest BCUT2D eigenvalue weighted by Crippen LogP contribution is -2.26. The summed E-state index contributed by atoms with van der Waals surface area (Å²) in [4.78, 5) is 3.97. The van der Waals surface area contributed by atoms with Crippen molar-refractivity contribution in [1.82, 2.24) is 5.32 Å². The van der Waals surface area contributed by atoms with Crippen LogP contribution in [0.25, 0.3) is 0 Å². The molecule has 0 radical (unpaired) electrons. The van der Waals surface area contributed by atoms with Crippen LogP contribution in [0.1, 0.15) is 6.42 Å². The molecule has 0 saturated carbocycles. The first-order valence-corrected chi connectivity index (χ1v) is 3.79. The highest BCUT2D eigenvalue weighted by Gasteiger charge is 2.25. The van der Waals surface area contributed by atoms with Crippen LogP contribution in [-0.2, 0) is 0 Å². The van der Waals surface area contributed by atoms with Crippen LogP contribution in [-0.4, -0.2) is 29.7 Å². The molecule has 68 valence electrons. The molecule has 0 unspecified atom stereocenters. The average molecular weight is 170 g/mol. The molecule has 5 nitrogen and oxygen atoms in total. The van der Waals surface area contributed by atoms with E-state index < -0.39 is 0 Å². The normalized spacial score (nSPS) is 28.3. The van der Waals surface area contributed by atoms with Crippen LogP contribution in [0.2, 0.25) is 0 Å². The molecule has 0 aliphatic carbocycles. The summed E-state index contributed by atoms with van der Waals surface area (Å²) < 4.78 is 0. The summed E-state index contributed by atoms with van der Waals surface area (Å²) in [6.45, 7) is 4.12. The molecule has 1 rings (SSSR count). The summed E-state index contributed by atoms with van der Waals surface area (Å²) in [5.41, 5.74) is 10.4. The van der Waals surface area contributed by atoms with Crippen LogP contribution in [0.15, 0.2) is 17.3 Å². The first-order chi connectivity index (χ1) is 5.59. The van der Waals surface area contributed by atoms with Crippen molar-refractivity contribution in [1.29, 1.82) is 0 Å². The fourth-order valence-electron chi connectivity index (χ4n) is 1.28. The summed E-state index contributed by atoms with van der Waals surface area (Å²) in [7, 11) is 0. The third kappa shape index (κ3) is 2.13. The minimum absolute atomic E-state index is 0.0592. The first kappa shape index (κ1) is 8.86. The Bertz CT molecular complexity index is 209. The topological polar surface area (TPSA) is 96.7 Å². The molecule has 1 saturated heterocycles. The highest BCUT2D eigenvalue weighted by Crippen LogP contribution is 2.13. The highest BCUT2D eigenvalue weighted by molar-refractivity contribution is 5.75. The number of guanidine groups is 1. The molecule has 2 atom stereocenters. The van der Waals surface area contributed by atoms with Crippen molar-refractivity contribution in [3.63, 3.8) is 0 Å². The Hall–Kier alpha value is -1.23. The number of rotatable bonds is 2. The van der Waals surface area contributed by atoms with E-state index in [1.807, 2.05) is 0 Å². The van der Waals surface area contributed by atoms with E-state index >= 15 is 0 Å². The van der Waals surface area contributed by atoms with Crippen LogP contribution in [0.3, 0.4) is 0 Å². The van der Waals surface area contributed by atoms with E-state index in [9.17, 15) is 0 Å². The number of aliphatic hydroxyl groups excluding tert-OH is 1. The minimum atomic E-state index is -0.0712. The van der Waals surface area contributed by atoms with Gasteiger partial charge in [0.15, 0.2) is 5.96 Å². The molecule has 1 aliphatic rings. The number of aliphatic imine (C=N–C) groups is 1. The van der Waals surface area contributed by atoms with Gasteiger partial charge in [-0.05, 0) is 6.42 Å². The van der Waals surface area contributed by atoms with Crippen molar-refractivity contribution in [3.05, 3.63) is 12.3 Å². The number of nitrogens with two attached hydrogens (primary N) is 2. The van der Waals surface area contributed by atoms with Crippen molar-refractivity contribution in [3.8, 4) is 0 Å². The summed E-state index contributed by atoms with van der Waals surface area (Å²) in [5.74, 6) is 0.231. The average Bonchev–Trinajstić information content (AvgIpc) is 2.34. The van der Waals surface area contributed by atoms with Gasteiger partial charge in [0, 0.05) is 6.54 Å². The lowest BCUT2D eigenvalue weighted by molar-refractivity contribution is 0.357. The number of nitrogens with zero attached hydrogens (tertiary/aromatic N) is 1. The van der Waals surface area contributed by atoms with Crippen molar-refractivity contribution in [2.45, 2.75) is 18.5 Å². The Morgan fingerprint density at radius 1 is 1.58 bits per heavy atom. The molecule has 0 bridgehead atoms. The van der Waals surface area contributed by atoms with Crippen molar-refractivity contribution >= 4 is 5.96 Å². The third-order valence-corrected chi connectivity index (χ3v) is 1.84. The third-order valence-electron chi connectivity index (χ3n) is 1.84. The van der Waals surface area contributed by atoms with Gasteiger partial charge in [0.25, 0.3) is 0 Å². The zero-order valence-corrected chi connectivity index (χ0v) is 6.83. The smallest absolute Gasteiger partial charge is 0.186 e. The molecule has 1 heterocycles. The summed E-state index contributed by atoms with van der Waals surface area (Å²) in [6.07, 6.45) is 0.702. The zero-order chi connectivity index (χ0) is 9.14. The Morgan fingerprint density at radius 2 is 2.25 bits per heavy atom. The molecule has 0 spiro atoms. The van der Waals surface area contributed by atoms with E-state index in [-0.39, 0.29) is 23.8 Å². The number of nitrogens with one attached hydrogen (secondary N) is 1. The van der Waals surface area contributed by atoms with Gasteiger partial charge in [-0.2, -0.15) is 0 Å². The molecule has 0 aromatic carbocycles. The monoisotopic (exact) mass is 170 g/mol. The lowest BCUT2D eigenvalue weighted by Gasteiger charge is -2.05. The second-order valence-electron chi connectivity index (χ2n) is 2.90. The Morgan fingerprint density at radius 3 is 2.67 bits per heavy atom. The van der Waals surface area contributed by atoms with Gasteiger partial charge in [0.05, 0.1) is 12.1 Å². The second-order valence-corrected chi connectivity index (χ2v) is 2.90. The molecular formula is C7H14N4O. The molecule has 5 heteroatoms. The largest absolute Gasteiger partial charge is 0.511 e. The molecule has 0 amide bonds. The van der Waals surface area contributed by atoms with E-state index in [1.165, 1.54) is 0 Å². The van der Waals surface area contributed by atoms with Crippen LogP contribution in [0.4, 0.5) is 0 Å². The quantitative estimate of drug-likeness (QED) is 0.244. The van der Waals surface area contributed by atoms with Gasteiger partial charge in [-0.1, -0.05) is 6.58 Å². The van der Waals surface area contributed by atoms with Crippen LogP contribution in [0, 0.1) is 0 Å². The first-order valence-electron chi connectivity index (χ1n) is 3.79. The van der Waals surface area contributed by atoms with Gasteiger partial charge >= 0.3 is 0 Å². The fraction of sp³-hybridized carbons (Fsp3) is 0.571. The van der Waals surface area contributed by atoms with Crippen molar-refractivity contribution < 1.29 is 5.11 Å². The zero-order valence-electron chi connectivity index (χ0n) is 6.83. The van der Waals surface area contributed by atoms with Gasteiger partial charge in [-0.15, -0.1) is 0 Å². The minimum Gasteiger partial charge on any atom is -0.511 e. The number of hydrogen-bond acceptors (Lipinski definition) is 3. The Labute approximate surface area is 71.2 Å². The van der Waals surface area contributed by atoms with Gasteiger partial charge < -0.3 is 21.9 Å². The van der Waals surface area contributed by atoms with Gasteiger partial charge in [0.1, 0.15) is 5.76 Å². The molecule has 0 aromatic rings. The second kappa shape index (κ2) is 3.44. The maximum Gasteiger partial charge on any atom is 0.186 e. The van der Waals surface area contributed by atoms with Gasteiger partial charge in [0.2, 0.25) is 0 Å². The number of hydrogen-bond donors (Lipinski definition) is 4. The Kier molecular flexibility index (Phi) is 2.54. The summed E-state index contributed by atoms with van der Waals surface area (Å²) in [6, 6.07) is -0.0120. The SMILES string of the molecule is C=C(O)[C@@H]1C[C@@H](N=C(N)N)CN1.